The van der Waals surface area contributed by atoms with Gasteiger partial charge in [0.05, 0.1) is 11.5 Å². The molecule has 0 aromatic heterocycles. The average Bonchev–Trinajstić information content (AvgIpc) is 2.64. The van der Waals surface area contributed by atoms with Crippen LogP contribution in [0, 0.1) is 24.0 Å². The lowest BCUT2D eigenvalue weighted by Gasteiger charge is -2.10. The SMILES string of the molecule is Cc1ccc(NCC(=O)NNC(=O)/C=C/c2cccc([N+](=O)[O-])c2)c(C)c1. The molecule has 2 amide bonds. The minimum Gasteiger partial charge on any atom is -0.376 e. The molecule has 27 heavy (non-hydrogen) atoms. The fraction of sp³-hybridized carbons (Fsp3) is 0.158. The Morgan fingerprint density at radius 2 is 1.89 bits per heavy atom. The first kappa shape index (κ1) is 19.6. The highest BCUT2D eigenvalue weighted by Gasteiger charge is 2.06. The number of carbonyl (C=O) groups excluding carboxylic acids is 2. The summed E-state index contributed by atoms with van der Waals surface area (Å²) in [4.78, 5) is 33.7. The number of hydrogen-bond donors (Lipinski definition) is 3. The van der Waals surface area contributed by atoms with Crippen molar-refractivity contribution in [3.63, 3.8) is 0 Å². The van der Waals surface area contributed by atoms with E-state index < -0.39 is 16.7 Å². The van der Waals surface area contributed by atoms with Crippen molar-refractivity contribution in [2.75, 3.05) is 11.9 Å². The Balaban J connectivity index is 1.80. The van der Waals surface area contributed by atoms with E-state index in [9.17, 15) is 19.7 Å². The van der Waals surface area contributed by atoms with Gasteiger partial charge >= 0.3 is 0 Å². The first-order valence-electron chi connectivity index (χ1n) is 8.17. The van der Waals surface area contributed by atoms with Gasteiger partial charge in [0.1, 0.15) is 0 Å². The van der Waals surface area contributed by atoms with Gasteiger partial charge in [-0.1, -0.05) is 29.8 Å². The van der Waals surface area contributed by atoms with E-state index in [1.807, 2.05) is 32.0 Å². The lowest BCUT2D eigenvalue weighted by molar-refractivity contribution is -0.384. The molecule has 2 aromatic carbocycles. The number of nitrogens with zero attached hydrogens (tertiary/aromatic N) is 1. The third kappa shape index (κ3) is 6.28. The molecule has 0 bridgehead atoms. The fourth-order valence-corrected chi connectivity index (χ4v) is 2.32. The van der Waals surface area contributed by atoms with Crippen molar-refractivity contribution in [1.29, 1.82) is 0 Å². The largest absolute Gasteiger partial charge is 0.376 e. The molecule has 8 nitrogen and oxygen atoms in total. The molecule has 0 saturated carbocycles. The lowest BCUT2D eigenvalue weighted by Crippen LogP contribution is -2.43. The van der Waals surface area contributed by atoms with Crippen LogP contribution in [0.3, 0.4) is 0 Å². The summed E-state index contributed by atoms with van der Waals surface area (Å²) >= 11 is 0. The molecule has 0 fully saturated rings. The van der Waals surface area contributed by atoms with Gasteiger partial charge in [-0.25, -0.2) is 0 Å². The number of carbonyl (C=O) groups is 2. The highest BCUT2D eigenvalue weighted by Crippen LogP contribution is 2.15. The number of aryl methyl sites for hydroxylation is 2. The molecule has 0 saturated heterocycles. The summed E-state index contributed by atoms with van der Waals surface area (Å²) in [6.45, 7) is 3.92. The topological polar surface area (TPSA) is 113 Å². The van der Waals surface area contributed by atoms with E-state index in [0.29, 0.717) is 5.56 Å². The van der Waals surface area contributed by atoms with E-state index >= 15 is 0 Å². The van der Waals surface area contributed by atoms with Crippen molar-refractivity contribution in [2.24, 2.45) is 0 Å². The van der Waals surface area contributed by atoms with E-state index in [1.165, 1.54) is 30.4 Å². The normalized spacial score (nSPS) is 10.4. The number of amides is 2. The monoisotopic (exact) mass is 368 g/mol. The molecule has 2 rings (SSSR count). The maximum absolute atomic E-state index is 11.8. The molecule has 0 aliphatic heterocycles. The predicted octanol–water partition coefficient (Wildman–Crippen LogP) is 2.48. The van der Waals surface area contributed by atoms with Gasteiger partial charge in [-0.3, -0.25) is 30.6 Å². The molecule has 0 aliphatic carbocycles. The molecule has 0 spiro atoms. The summed E-state index contributed by atoms with van der Waals surface area (Å²) in [6, 6.07) is 11.7. The highest BCUT2D eigenvalue weighted by atomic mass is 16.6. The number of hydrogen-bond acceptors (Lipinski definition) is 5. The molecule has 0 atom stereocenters. The summed E-state index contributed by atoms with van der Waals surface area (Å²) < 4.78 is 0. The van der Waals surface area contributed by atoms with Crippen LogP contribution in [0.2, 0.25) is 0 Å². The van der Waals surface area contributed by atoms with Gasteiger partial charge in [-0.05, 0) is 37.1 Å². The quantitative estimate of drug-likeness (QED) is 0.412. The summed E-state index contributed by atoms with van der Waals surface area (Å²) in [6.07, 6.45) is 2.60. The van der Waals surface area contributed by atoms with Crippen molar-refractivity contribution >= 4 is 29.3 Å². The molecule has 0 radical (unpaired) electrons. The predicted molar refractivity (Wildman–Crippen MR) is 103 cm³/mol. The number of rotatable bonds is 6. The molecule has 140 valence electrons. The Bertz CT molecular complexity index is 893. The summed E-state index contributed by atoms with van der Waals surface area (Å²) in [5, 5.41) is 13.7. The Kier molecular flexibility index (Phi) is 6.65. The first-order valence-corrected chi connectivity index (χ1v) is 8.17. The van der Waals surface area contributed by atoms with Crippen molar-refractivity contribution in [2.45, 2.75) is 13.8 Å². The number of hydrazine groups is 1. The van der Waals surface area contributed by atoms with E-state index in [1.54, 1.807) is 6.07 Å². The van der Waals surface area contributed by atoms with Crippen LogP contribution in [0.25, 0.3) is 6.08 Å². The molecule has 0 aliphatic rings. The molecule has 3 N–H and O–H groups in total. The van der Waals surface area contributed by atoms with Crippen molar-refractivity contribution < 1.29 is 14.5 Å². The van der Waals surface area contributed by atoms with Gasteiger partial charge in [0.25, 0.3) is 17.5 Å². The maximum Gasteiger partial charge on any atom is 0.270 e. The number of nitro groups is 1. The Labute approximate surface area is 156 Å². The second-order valence-corrected chi connectivity index (χ2v) is 5.89. The third-order valence-electron chi connectivity index (χ3n) is 3.65. The minimum atomic E-state index is -0.554. The standard InChI is InChI=1S/C19H20N4O4/c1-13-6-8-17(14(2)10-13)20-12-19(25)22-21-18(24)9-7-15-4-3-5-16(11-15)23(26)27/h3-11,20H,12H2,1-2H3,(H,21,24)(H,22,25)/b9-7+. The van der Waals surface area contributed by atoms with E-state index in [-0.39, 0.29) is 12.2 Å². The van der Waals surface area contributed by atoms with E-state index in [0.717, 1.165) is 16.8 Å². The number of nitro benzene ring substituents is 1. The molecule has 0 heterocycles. The van der Waals surface area contributed by atoms with E-state index in [2.05, 4.69) is 16.2 Å². The van der Waals surface area contributed by atoms with Crippen LogP contribution in [0.1, 0.15) is 16.7 Å². The van der Waals surface area contributed by atoms with Crippen LogP contribution < -0.4 is 16.2 Å². The van der Waals surface area contributed by atoms with Crippen molar-refractivity contribution in [3.05, 3.63) is 75.3 Å². The van der Waals surface area contributed by atoms with Crippen LogP contribution in [-0.2, 0) is 9.59 Å². The van der Waals surface area contributed by atoms with E-state index in [4.69, 9.17) is 0 Å². The highest BCUT2D eigenvalue weighted by molar-refractivity contribution is 5.93. The molecular weight excluding hydrogens is 348 g/mol. The maximum atomic E-state index is 11.8. The lowest BCUT2D eigenvalue weighted by atomic mass is 10.1. The van der Waals surface area contributed by atoms with Crippen molar-refractivity contribution in [3.8, 4) is 0 Å². The summed E-state index contributed by atoms with van der Waals surface area (Å²) in [5.74, 6) is -0.964. The second kappa shape index (κ2) is 9.14. The van der Waals surface area contributed by atoms with Gasteiger partial charge in [0.2, 0.25) is 0 Å². The summed E-state index contributed by atoms with van der Waals surface area (Å²) in [5.41, 5.74) is 7.97. The Morgan fingerprint density at radius 1 is 1.11 bits per heavy atom. The zero-order valence-corrected chi connectivity index (χ0v) is 15.0. The third-order valence-corrected chi connectivity index (χ3v) is 3.65. The van der Waals surface area contributed by atoms with Gasteiger partial charge in [0, 0.05) is 23.9 Å². The molecule has 0 unspecified atom stereocenters. The number of nitrogens with one attached hydrogen (secondary N) is 3. The molecule has 8 heteroatoms. The second-order valence-electron chi connectivity index (χ2n) is 5.89. The van der Waals surface area contributed by atoms with Gasteiger partial charge < -0.3 is 5.32 Å². The van der Waals surface area contributed by atoms with Crippen LogP contribution in [0.5, 0.6) is 0 Å². The Morgan fingerprint density at radius 3 is 2.59 bits per heavy atom. The van der Waals surface area contributed by atoms with Gasteiger partial charge in [0.15, 0.2) is 0 Å². The van der Waals surface area contributed by atoms with Crippen LogP contribution >= 0.6 is 0 Å². The zero-order chi connectivity index (χ0) is 19.8. The van der Waals surface area contributed by atoms with Crippen LogP contribution in [0.4, 0.5) is 11.4 Å². The number of anilines is 1. The number of benzene rings is 2. The fourth-order valence-electron chi connectivity index (χ4n) is 2.32. The smallest absolute Gasteiger partial charge is 0.270 e. The van der Waals surface area contributed by atoms with Gasteiger partial charge in [-0.15, -0.1) is 0 Å². The van der Waals surface area contributed by atoms with Crippen LogP contribution in [-0.4, -0.2) is 23.3 Å². The average molecular weight is 368 g/mol. The zero-order valence-electron chi connectivity index (χ0n) is 15.0. The van der Waals surface area contributed by atoms with Crippen LogP contribution in [0.15, 0.2) is 48.5 Å². The van der Waals surface area contributed by atoms with Gasteiger partial charge in [-0.2, -0.15) is 0 Å². The Hall–Kier alpha value is -3.68. The minimum absolute atomic E-state index is 0.00122. The molecular formula is C19H20N4O4. The first-order chi connectivity index (χ1) is 12.8. The van der Waals surface area contributed by atoms with Crippen molar-refractivity contribution in [1.82, 2.24) is 10.9 Å². The summed E-state index contributed by atoms with van der Waals surface area (Å²) in [7, 11) is 0. The number of non-ortho nitro benzene ring substituents is 1. The molecule has 2 aromatic rings.